The predicted octanol–water partition coefficient (Wildman–Crippen LogP) is 1.04. The molecule has 0 aromatic heterocycles. The van der Waals surface area contributed by atoms with Crippen molar-refractivity contribution in [3.05, 3.63) is 0 Å². The van der Waals surface area contributed by atoms with Crippen molar-refractivity contribution in [2.24, 2.45) is 0 Å². The number of likely N-dealkylation sites (tertiary alicyclic amines) is 1. The van der Waals surface area contributed by atoms with Crippen LogP contribution in [0, 0.1) is 0 Å². The third-order valence-electron chi connectivity index (χ3n) is 2.37. The van der Waals surface area contributed by atoms with Crippen LogP contribution in [0.4, 0.5) is 0 Å². The molecule has 0 N–H and O–H groups in total. The van der Waals surface area contributed by atoms with Gasteiger partial charge in [0.15, 0.2) is 0 Å². The van der Waals surface area contributed by atoms with Crippen LogP contribution in [-0.4, -0.2) is 55.7 Å². The number of carbonyl (C=O) groups excluding carboxylic acids is 1. The van der Waals surface area contributed by atoms with E-state index in [1.807, 2.05) is 4.90 Å². The van der Waals surface area contributed by atoms with Gasteiger partial charge in [0, 0.05) is 25.0 Å². The van der Waals surface area contributed by atoms with Crippen LogP contribution in [0.15, 0.2) is 0 Å². The summed E-state index contributed by atoms with van der Waals surface area (Å²) in [6.45, 7) is 2.84. The Hall–Kier alpha value is -0.130. The van der Waals surface area contributed by atoms with E-state index in [0.29, 0.717) is 18.0 Å². The number of carbonyl (C=O) groups is 1. The number of nitrogens with zero attached hydrogens (tertiary/aromatic N) is 1. The Kier molecular flexibility index (Phi) is 6.20. The van der Waals surface area contributed by atoms with Gasteiger partial charge in [-0.25, -0.2) is 0 Å². The lowest BCUT2D eigenvalue weighted by atomic mass is 10.1. The fourth-order valence-corrected chi connectivity index (χ4v) is 2.22. The lowest BCUT2D eigenvalue weighted by Gasteiger charge is -2.29. The maximum atomic E-state index is 11.6. The van der Waals surface area contributed by atoms with Gasteiger partial charge in [-0.15, -0.1) is 0 Å². The van der Waals surface area contributed by atoms with Gasteiger partial charge in [-0.3, -0.25) is 4.79 Å². The van der Waals surface area contributed by atoms with Crippen molar-refractivity contribution in [3.8, 4) is 0 Å². The van der Waals surface area contributed by atoms with E-state index >= 15 is 0 Å². The maximum absolute atomic E-state index is 11.6. The zero-order valence-electron chi connectivity index (χ0n) is 9.08. The summed E-state index contributed by atoms with van der Waals surface area (Å²) in [6, 6.07) is 0. The Morgan fingerprint density at radius 2 is 2.33 bits per heavy atom. The Morgan fingerprint density at radius 3 is 3.00 bits per heavy atom. The molecule has 1 saturated heterocycles. The molecule has 15 heavy (non-hydrogen) atoms. The molecule has 1 amide bonds. The van der Waals surface area contributed by atoms with Crippen molar-refractivity contribution in [3.63, 3.8) is 0 Å². The zero-order valence-corrected chi connectivity index (χ0v) is 10.7. The molecule has 0 aromatic carbocycles. The number of rotatable bonds is 5. The molecule has 0 radical (unpaired) electrons. The van der Waals surface area contributed by atoms with E-state index in [9.17, 15) is 4.79 Å². The van der Waals surface area contributed by atoms with E-state index in [0.717, 1.165) is 25.9 Å². The van der Waals surface area contributed by atoms with Gasteiger partial charge >= 0.3 is 0 Å². The van der Waals surface area contributed by atoms with Crippen LogP contribution in [0.25, 0.3) is 0 Å². The molecule has 1 heterocycles. The topological polar surface area (TPSA) is 38.8 Å². The minimum Gasteiger partial charge on any atom is -0.382 e. The summed E-state index contributed by atoms with van der Waals surface area (Å²) in [6.07, 6.45) is 2.22. The van der Waals surface area contributed by atoms with Crippen molar-refractivity contribution in [1.82, 2.24) is 4.90 Å². The first-order valence-corrected chi connectivity index (χ1v) is 6.14. The third kappa shape index (κ3) is 4.95. The Bertz CT molecular complexity index is 201. The van der Waals surface area contributed by atoms with E-state index in [-0.39, 0.29) is 12.5 Å². The fraction of sp³-hybridized carbons (Fsp3) is 0.900. The highest BCUT2D eigenvalue weighted by molar-refractivity contribution is 9.09. The lowest BCUT2D eigenvalue weighted by Crippen LogP contribution is -2.42. The highest BCUT2D eigenvalue weighted by Gasteiger charge is 2.21. The number of alkyl halides is 1. The van der Waals surface area contributed by atoms with Gasteiger partial charge in [0.1, 0.15) is 6.61 Å². The number of hydrogen-bond donors (Lipinski definition) is 0. The monoisotopic (exact) mass is 279 g/mol. The summed E-state index contributed by atoms with van der Waals surface area (Å²) in [4.78, 5) is 13.9. The van der Waals surface area contributed by atoms with E-state index < -0.39 is 0 Å². The molecule has 0 bridgehead atoms. The average Bonchev–Trinajstić information content (AvgIpc) is 2.24. The van der Waals surface area contributed by atoms with E-state index in [1.165, 1.54) is 0 Å². The van der Waals surface area contributed by atoms with Crippen LogP contribution < -0.4 is 0 Å². The first-order chi connectivity index (χ1) is 7.24. The van der Waals surface area contributed by atoms with Crippen LogP contribution in [0.5, 0.6) is 0 Å². The zero-order chi connectivity index (χ0) is 11.1. The molecule has 4 nitrogen and oxygen atoms in total. The summed E-state index contributed by atoms with van der Waals surface area (Å²) in [5.74, 6) is 0.0789. The Morgan fingerprint density at radius 1 is 1.53 bits per heavy atom. The summed E-state index contributed by atoms with van der Waals surface area (Å²) in [5.41, 5.74) is 0. The standard InChI is InChI=1S/C10H18BrNO3/c1-14-5-6-15-8-10(13)12-4-2-3-9(11)7-12/h9H,2-8H2,1H3. The van der Waals surface area contributed by atoms with Crippen molar-refractivity contribution in [2.45, 2.75) is 17.7 Å². The second-order valence-corrected chi connectivity index (χ2v) is 4.92. The molecule has 5 heteroatoms. The second kappa shape index (κ2) is 7.19. The van der Waals surface area contributed by atoms with Gasteiger partial charge in [0.05, 0.1) is 13.2 Å². The van der Waals surface area contributed by atoms with Gasteiger partial charge in [0.25, 0.3) is 0 Å². The molecule has 88 valence electrons. The molecule has 0 aromatic rings. The SMILES string of the molecule is COCCOCC(=O)N1CCCC(Br)C1. The molecule has 1 aliphatic rings. The summed E-state index contributed by atoms with van der Waals surface area (Å²) in [5, 5.41) is 0. The average molecular weight is 280 g/mol. The second-order valence-electron chi connectivity index (χ2n) is 3.62. The van der Waals surface area contributed by atoms with Crippen molar-refractivity contribution in [2.75, 3.05) is 40.0 Å². The number of ether oxygens (including phenoxy) is 2. The smallest absolute Gasteiger partial charge is 0.248 e. The van der Waals surface area contributed by atoms with Crippen LogP contribution in [0.1, 0.15) is 12.8 Å². The van der Waals surface area contributed by atoms with Crippen molar-refractivity contribution in [1.29, 1.82) is 0 Å². The molecule has 1 aliphatic heterocycles. The summed E-state index contributed by atoms with van der Waals surface area (Å²) in [7, 11) is 1.62. The van der Waals surface area contributed by atoms with Crippen molar-refractivity contribution < 1.29 is 14.3 Å². The first-order valence-electron chi connectivity index (χ1n) is 5.22. The van der Waals surface area contributed by atoms with Crippen LogP contribution in [0.3, 0.4) is 0 Å². The highest BCUT2D eigenvalue weighted by atomic mass is 79.9. The van der Waals surface area contributed by atoms with Crippen LogP contribution in [0.2, 0.25) is 0 Å². The molecule has 1 fully saturated rings. The molecular formula is C10H18BrNO3. The van der Waals surface area contributed by atoms with Crippen LogP contribution >= 0.6 is 15.9 Å². The van der Waals surface area contributed by atoms with E-state index in [1.54, 1.807) is 7.11 Å². The van der Waals surface area contributed by atoms with Gasteiger partial charge in [-0.1, -0.05) is 15.9 Å². The number of methoxy groups -OCH3 is 1. The molecule has 0 aliphatic carbocycles. The van der Waals surface area contributed by atoms with Crippen LogP contribution in [-0.2, 0) is 14.3 Å². The van der Waals surface area contributed by atoms with Gasteiger partial charge in [-0.2, -0.15) is 0 Å². The Balaban J connectivity index is 2.15. The molecular weight excluding hydrogens is 262 g/mol. The predicted molar refractivity (Wildman–Crippen MR) is 61.2 cm³/mol. The number of amides is 1. The summed E-state index contributed by atoms with van der Waals surface area (Å²) >= 11 is 3.54. The number of hydrogen-bond acceptors (Lipinski definition) is 3. The largest absolute Gasteiger partial charge is 0.382 e. The minimum absolute atomic E-state index is 0.0789. The van der Waals surface area contributed by atoms with Gasteiger partial charge in [0.2, 0.25) is 5.91 Å². The van der Waals surface area contributed by atoms with E-state index in [2.05, 4.69) is 15.9 Å². The number of piperidine rings is 1. The quantitative estimate of drug-likeness (QED) is 0.558. The fourth-order valence-electron chi connectivity index (χ4n) is 1.54. The first kappa shape index (κ1) is 12.9. The maximum Gasteiger partial charge on any atom is 0.248 e. The van der Waals surface area contributed by atoms with Gasteiger partial charge < -0.3 is 14.4 Å². The molecule has 0 saturated carbocycles. The molecule has 1 rings (SSSR count). The molecule has 1 atom stereocenters. The summed E-state index contributed by atoms with van der Waals surface area (Å²) < 4.78 is 10.0. The van der Waals surface area contributed by atoms with Gasteiger partial charge in [-0.05, 0) is 12.8 Å². The highest BCUT2D eigenvalue weighted by Crippen LogP contribution is 2.16. The minimum atomic E-state index is 0.0789. The lowest BCUT2D eigenvalue weighted by molar-refractivity contribution is -0.137. The van der Waals surface area contributed by atoms with E-state index in [4.69, 9.17) is 9.47 Å². The Labute approximate surface area is 99.0 Å². The van der Waals surface area contributed by atoms with Crippen molar-refractivity contribution >= 4 is 21.8 Å². The molecule has 0 spiro atoms. The number of halogens is 1. The normalized spacial score (nSPS) is 21.7. The molecule has 1 unspecified atom stereocenters. The third-order valence-corrected chi connectivity index (χ3v) is 3.12.